The molecule has 0 amide bonds. The van der Waals surface area contributed by atoms with Gasteiger partial charge in [0.2, 0.25) is 0 Å². The van der Waals surface area contributed by atoms with E-state index in [1.807, 2.05) is 12.1 Å². The van der Waals surface area contributed by atoms with E-state index in [1.54, 1.807) is 0 Å². The topological polar surface area (TPSA) is 66.0 Å². The maximum Gasteiger partial charge on any atom is 0.194 e. The third-order valence-electron chi connectivity index (χ3n) is 2.79. The van der Waals surface area contributed by atoms with Gasteiger partial charge in [-0.1, -0.05) is 0 Å². The minimum atomic E-state index is -0.529. The zero-order valence-corrected chi connectivity index (χ0v) is 13.3. The number of hydrogen-bond acceptors (Lipinski definition) is 6. The van der Waals surface area contributed by atoms with Gasteiger partial charge in [-0.3, -0.25) is 0 Å². The molecule has 0 spiro atoms. The van der Waals surface area contributed by atoms with Crippen molar-refractivity contribution in [3.05, 3.63) is 31.9 Å². The second-order valence-electron chi connectivity index (χ2n) is 3.95. The minimum Gasteiger partial charge on any atom is -0.345 e. The Morgan fingerprint density at radius 1 is 1.10 bits per heavy atom. The van der Waals surface area contributed by atoms with Crippen LogP contribution in [0, 0.1) is 22.7 Å². The van der Waals surface area contributed by atoms with Crippen LogP contribution in [0.25, 0.3) is 9.75 Å². The van der Waals surface area contributed by atoms with Gasteiger partial charge in [0.1, 0.15) is 12.1 Å². The van der Waals surface area contributed by atoms with Crippen molar-refractivity contribution in [3.63, 3.8) is 0 Å². The summed E-state index contributed by atoms with van der Waals surface area (Å²) >= 11 is 6.33. The van der Waals surface area contributed by atoms with Gasteiger partial charge in [0.05, 0.1) is 37.9 Å². The van der Waals surface area contributed by atoms with Gasteiger partial charge in [-0.25, -0.2) is 0 Å². The lowest BCUT2D eigenvalue weighted by Gasteiger charge is -2.05. The van der Waals surface area contributed by atoms with E-state index in [9.17, 15) is 10.5 Å². The number of rotatable bonds is 2. The second-order valence-corrected chi connectivity index (χ2v) is 7.46. The van der Waals surface area contributed by atoms with Crippen LogP contribution in [0.2, 0.25) is 0 Å². The Hall–Kier alpha value is -1.22. The van der Waals surface area contributed by atoms with Crippen LogP contribution >= 0.6 is 38.6 Å². The van der Waals surface area contributed by atoms with E-state index in [0.29, 0.717) is 29.2 Å². The fraction of sp³-hybridized carbons (Fsp3) is 0.231. The first kappa shape index (κ1) is 13.7. The monoisotopic (exact) mass is 366 g/mol. The summed E-state index contributed by atoms with van der Waals surface area (Å²) in [6, 6.07) is 8.10. The van der Waals surface area contributed by atoms with Crippen molar-refractivity contribution < 1.29 is 9.47 Å². The van der Waals surface area contributed by atoms with E-state index in [1.165, 1.54) is 22.7 Å². The third kappa shape index (κ3) is 2.28. The van der Waals surface area contributed by atoms with E-state index < -0.39 is 6.29 Å². The molecule has 1 aliphatic rings. The Labute approximate surface area is 131 Å². The van der Waals surface area contributed by atoms with E-state index in [-0.39, 0.29) is 0 Å². The smallest absolute Gasteiger partial charge is 0.194 e. The molecule has 3 rings (SSSR count). The summed E-state index contributed by atoms with van der Waals surface area (Å²) in [6.07, 6.45) is -0.529. The maximum atomic E-state index is 9.37. The fourth-order valence-electron chi connectivity index (χ4n) is 1.95. The number of nitriles is 2. The van der Waals surface area contributed by atoms with Crippen LogP contribution in [-0.2, 0) is 9.47 Å². The van der Waals surface area contributed by atoms with Crippen LogP contribution in [0.1, 0.15) is 22.3 Å². The molecular weight excluding hydrogens is 360 g/mol. The summed E-state index contributed by atoms with van der Waals surface area (Å²) in [6.45, 7) is 1.02. The first-order valence-corrected chi connectivity index (χ1v) is 8.13. The van der Waals surface area contributed by atoms with Crippen molar-refractivity contribution in [2.75, 3.05) is 13.2 Å². The second kappa shape index (κ2) is 5.65. The highest BCUT2D eigenvalue weighted by Crippen LogP contribution is 2.44. The molecule has 0 aromatic carbocycles. The summed E-state index contributed by atoms with van der Waals surface area (Å²) in [4.78, 5) is 2.44. The van der Waals surface area contributed by atoms with Crippen molar-refractivity contribution in [1.82, 2.24) is 0 Å². The van der Waals surface area contributed by atoms with Crippen molar-refractivity contribution in [2.45, 2.75) is 6.29 Å². The maximum absolute atomic E-state index is 9.37. The summed E-state index contributed by atoms with van der Waals surface area (Å²) < 4.78 is 11.9. The van der Waals surface area contributed by atoms with Gasteiger partial charge in [0, 0.05) is 4.88 Å². The van der Waals surface area contributed by atoms with Crippen molar-refractivity contribution >= 4 is 38.6 Å². The molecule has 2 aromatic rings. The SMILES string of the molecule is N#Cc1c(-c2ccc(Br)s2)sc(C2OCCO2)c1C#N. The van der Waals surface area contributed by atoms with Gasteiger partial charge in [0.15, 0.2) is 6.29 Å². The average Bonchev–Trinajstić information content (AvgIpc) is 3.16. The average molecular weight is 367 g/mol. The number of ether oxygens (including phenoxy) is 2. The molecule has 100 valence electrons. The Morgan fingerprint density at radius 3 is 2.35 bits per heavy atom. The zero-order valence-electron chi connectivity index (χ0n) is 10.1. The lowest BCUT2D eigenvalue weighted by atomic mass is 10.1. The quantitative estimate of drug-likeness (QED) is 0.804. The standard InChI is InChI=1S/C13H7BrN2O2S2/c14-10-2-1-9(19-10)11-7(5-15)8(6-16)12(20-11)13-17-3-4-18-13/h1-2,13H,3-4H2. The Balaban J connectivity index is 2.16. The van der Waals surface area contributed by atoms with Crippen molar-refractivity contribution in [1.29, 1.82) is 10.5 Å². The Kier molecular flexibility index (Phi) is 3.88. The highest BCUT2D eigenvalue weighted by molar-refractivity contribution is 9.11. The minimum absolute atomic E-state index is 0.365. The van der Waals surface area contributed by atoms with E-state index in [2.05, 4.69) is 28.1 Å². The lowest BCUT2D eigenvalue weighted by Crippen LogP contribution is -1.97. The fourth-order valence-corrected chi connectivity index (χ4v) is 4.65. The van der Waals surface area contributed by atoms with E-state index in [0.717, 1.165) is 13.5 Å². The molecule has 3 heterocycles. The summed E-state index contributed by atoms with van der Waals surface area (Å²) in [5.41, 5.74) is 0.768. The predicted molar refractivity (Wildman–Crippen MR) is 79.4 cm³/mol. The highest BCUT2D eigenvalue weighted by atomic mass is 79.9. The van der Waals surface area contributed by atoms with Gasteiger partial charge < -0.3 is 9.47 Å². The summed E-state index contributed by atoms with van der Waals surface area (Å²) in [5, 5.41) is 18.7. The van der Waals surface area contributed by atoms with Gasteiger partial charge in [-0.15, -0.1) is 22.7 Å². The Morgan fingerprint density at radius 2 is 1.80 bits per heavy atom. The van der Waals surface area contributed by atoms with Gasteiger partial charge in [-0.05, 0) is 28.1 Å². The molecule has 7 heteroatoms. The molecule has 0 atom stereocenters. The molecule has 0 radical (unpaired) electrons. The number of nitrogens with zero attached hydrogens (tertiary/aromatic N) is 2. The van der Waals surface area contributed by atoms with Crippen LogP contribution in [0.5, 0.6) is 0 Å². The molecule has 0 bridgehead atoms. The normalized spacial score (nSPS) is 15.2. The van der Waals surface area contributed by atoms with Crippen LogP contribution in [0.15, 0.2) is 15.9 Å². The molecule has 1 fully saturated rings. The molecule has 20 heavy (non-hydrogen) atoms. The van der Waals surface area contributed by atoms with Crippen molar-refractivity contribution in [3.8, 4) is 21.9 Å². The predicted octanol–water partition coefficient (Wildman–Crippen LogP) is 4.03. The van der Waals surface area contributed by atoms with E-state index >= 15 is 0 Å². The van der Waals surface area contributed by atoms with Crippen LogP contribution in [-0.4, -0.2) is 13.2 Å². The lowest BCUT2D eigenvalue weighted by molar-refractivity contribution is -0.0415. The molecule has 0 unspecified atom stereocenters. The molecule has 0 aliphatic carbocycles. The third-order valence-corrected chi connectivity index (χ3v) is 5.81. The molecule has 4 nitrogen and oxygen atoms in total. The first-order chi connectivity index (χ1) is 9.74. The Bertz CT molecular complexity index is 733. The van der Waals surface area contributed by atoms with Crippen molar-refractivity contribution in [2.24, 2.45) is 0 Å². The van der Waals surface area contributed by atoms with Gasteiger partial charge in [-0.2, -0.15) is 10.5 Å². The van der Waals surface area contributed by atoms with Crippen LogP contribution in [0.4, 0.5) is 0 Å². The van der Waals surface area contributed by atoms with Crippen LogP contribution < -0.4 is 0 Å². The number of halogens is 1. The molecule has 1 saturated heterocycles. The number of hydrogen-bond donors (Lipinski definition) is 0. The summed E-state index contributed by atoms with van der Waals surface area (Å²) in [7, 11) is 0. The number of thiophene rings is 2. The molecule has 0 saturated carbocycles. The van der Waals surface area contributed by atoms with Gasteiger partial charge >= 0.3 is 0 Å². The molecule has 1 aliphatic heterocycles. The molecular formula is C13H7BrN2O2S2. The molecule has 0 N–H and O–H groups in total. The highest BCUT2D eigenvalue weighted by Gasteiger charge is 2.29. The first-order valence-electron chi connectivity index (χ1n) is 5.70. The zero-order chi connectivity index (χ0) is 14.1. The largest absolute Gasteiger partial charge is 0.345 e. The van der Waals surface area contributed by atoms with E-state index in [4.69, 9.17) is 9.47 Å². The van der Waals surface area contributed by atoms with Crippen LogP contribution in [0.3, 0.4) is 0 Å². The summed E-state index contributed by atoms with van der Waals surface area (Å²) in [5.74, 6) is 0. The van der Waals surface area contributed by atoms with Gasteiger partial charge in [0.25, 0.3) is 0 Å². The molecule has 2 aromatic heterocycles.